The third-order valence-electron chi connectivity index (χ3n) is 5.74. The highest BCUT2D eigenvalue weighted by molar-refractivity contribution is 5.69. The topological polar surface area (TPSA) is 79.7 Å². The van der Waals surface area contributed by atoms with Gasteiger partial charge in [0.25, 0.3) is 0 Å². The fraction of sp³-hybridized carbons (Fsp3) is 0.474. The molecule has 134 valence electrons. The molecular formula is C19H22N6O. The van der Waals surface area contributed by atoms with Crippen molar-refractivity contribution in [1.29, 1.82) is 0 Å². The number of aromatic nitrogens is 5. The molecule has 7 heteroatoms. The van der Waals surface area contributed by atoms with Crippen molar-refractivity contribution >= 4 is 17.0 Å². The molecular weight excluding hydrogens is 328 g/mol. The first-order chi connectivity index (χ1) is 12.8. The Morgan fingerprint density at radius 2 is 2.04 bits per heavy atom. The van der Waals surface area contributed by atoms with Crippen LogP contribution in [0.15, 0.2) is 29.5 Å². The predicted molar refractivity (Wildman–Crippen MR) is 99.3 cm³/mol. The number of aryl methyl sites for hydroxylation is 1. The molecule has 4 heterocycles. The number of aromatic amines is 1. The highest BCUT2D eigenvalue weighted by Gasteiger charge is 2.26. The lowest BCUT2D eigenvalue weighted by Gasteiger charge is -2.33. The van der Waals surface area contributed by atoms with E-state index < -0.39 is 0 Å². The van der Waals surface area contributed by atoms with E-state index in [-0.39, 0.29) is 5.69 Å². The second kappa shape index (κ2) is 6.23. The number of H-pyrrole nitrogens is 1. The van der Waals surface area contributed by atoms with Crippen molar-refractivity contribution in [3.8, 4) is 0 Å². The first kappa shape index (κ1) is 15.5. The van der Waals surface area contributed by atoms with Crippen molar-refractivity contribution < 1.29 is 0 Å². The normalized spacial score (nSPS) is 17.8. The minimum atomic E-state index is -0.0604. The van der Waals surface area contributed by atoms with Gasteiger partial charge in [0.05, 0.1) is 5.52 Å². The lowest BCUT2D eigenvalue weighted by molar-refractivity contribution is 0.355. The number of imidazole rings is 1. The molecule has 5 rings (SSSR count). The third-order valence-corrected chi connectivity index (χ3v) is 5.74. The van der Waals surface area contributed by atoms with Gasteiger partial charge in [-0.05, 0) is 50.2 Å². The molecule has 26 heavy (non-hydrogen) atoms. The van der Waals surface area contributed by atoms with Gasteiger partial charge in [0.2, 0.25) is 0 Å². The lowest BCUT2D eigenvalue weighted by atomic mass is 9.96. The van der Waals surface area contributed by atoms with Crippen LogP contribution in [0.25, 0.3) is 11.2 Å². The standard InChI is InChI=1S/C19H22N6O/c26-19-23-16-5-2-8-20-18(16)25(19)11-13-6-9-24(10-7-13)17-14-3-1-4-15(14)21-12-22-17/h2,5,8,12-13H,1,3-4,6-7,9-11H2,(H,23,26). The second-order valence-corrected chi connectivity index (χ2v) is 7.32. The first-order valence-electron chi connectivity index (χ1n) is 9.41. The van der Waals surface area contributed by atoms with Crippen LogP contribution in [0.1, 0.15) is 30.5 Å². The summed E-state index contributed by atoms with van der Waals surface area (Å²) in [5.74, 6) is 1.62. The summed E-state index contributed by atoms with van der Waals surface area (Å²) in [6.45, 7) is 2.70. The number of anilines is 1. The quantitative estimate of drug-likeness (QED) is 0.781. The zero-order valence-electron chi connectivity index (χ0n) is 14.7. The molecule has 0 saturated carbocycles. The number of nitrogens with zero attached hydrogens (tertiary/aromatic N) is 5. The van der Waals surface area contributed by atoms with E-state index in [4.69, 9.17) is 0 Å². The average molecular weight is 350 g/mol. The van der Waals surface area contributed by atoms with E-state index in [1.165, 1.54) is 17.7 Å². The van der Waals surface area contributed by atoms with Crippen molar-refractivity contribution in [2.75, 3.05) is 18.0 Å². The van der Waals surface area contributed by atoms with Crippen molar-refractivity contribution in [2.45, 2.75) is 38.6 Å². The van der Waals surface area contributed by atoms with Gasteiger partial charge in [-0.3, -0.25) is 4.57 Å². The van der Waals surface area contributed by atoms with Crippen molar-refractivity contribution in [2.24, 2.45) is 5.92 Å². The highest BCUT2D eigenvalue weighted by Crippen LogP contribution is 2.31. The van der Waals surface area contributed by atoms with Gasteiger partial charge >= 0.3 is 5.69 Å². The zero-order chi connectivity index (χ0) is 17.5. The lowest BCUT2D eigenvalue weighted by Crippen LogP contribution is -2.37. The number of pyridine rings is 1. The fourth-order valence-electron chi connectivity index (χ4n) is 4.36. The average Bonchev–Trinajstić information content (AvgIpc) is 3.27. The maximum atomic E-state index is 12.3. The maximum absolute atomic E-state index is 12.3. The fourth-order valence-corrected chi connectivity index (χ4v) is 4.36. The minimum absolute atomic E-state index is 0.0604. The number of nitrogens with one attached hydrogen (secondary N) is 1. The van der Waals surface area contributed by atoms with Crippen LogP contribution in [0.4, 0.5) is 5.82 Å². The Kier molecular flexibility index (Phi) is 3.72. The Bertz CT molecular complexity index is 999. The molecule has 2 aliphatic rings. The van der Waals surface area contributed by atoms with Gasteiger partial charge < -0.3 is 9.88 Å². The highest BCUT2D eigenvalue weighted by atomic mass is 16.1. The Morgan fingerprint density at radius 3 is 2.92 bits per heavy atom. The van der Waals surface area contributed by atoms with Gasteiger partial charge in [0.1, 0.15) is 12.1 Å². The molecule has 1 saturated heterocycles. The molecule has 3 aromatic heterocycles. The van der Waals surface area contributed by atoms with Gasteiger partial charge in [0, 0.05) is 37.1 Å². The molecule has 0 spiro atoms. The predicted octanol–water partition coefficient (Wildman–Crippen LogP) is 1.92. The van der Waals surface area contributed by atoms with Crippen LogP contribution in [0.5, 0.6) is 0 Å². The molecule has 3 aromatic rings. The molecule has 0 radical (unpaired) electrons. The van der Waals surface area contributed by atoms with Gasteiger partial charge in [0.15, 0.2) is 5.65 Å². The van der Waals surface area contributed by atoms with Crippen LogP contribution in [0.3, 0.4) is 0 Å². The summed E-state index contributed by atoms with van der Waals surface area (Å²) in [5.41, 5.74) is 4.09. The Hall–Kier alpha value is -2.70. The number of hydrogen-bond acceptors (Lipinski definition) is 5. The van der Waals surface area contributed by atoms with Crippen molar-refractivity contribution in [3.63, 3.8) is 0 Å². The second-order valence-electron chi connectivity index (χ2n) is 7.32. The molecule has 0 bridgehead atoms. The summed E-state index contributed by atoms with van der Waals surface area (Å²) in [6, 6.07) is 3.75. The maximum Gasteiger partial charge on any atom is 0.327 e. The van der Waals surface area contributed by atoms with Gasteiger partial charge in [-0.25, -0.2) is 19.7 Å². The van der Waals surface area contributed by atoms with E-state index in [2.05, 4.69) is 24.8 Å². The van der Waals surface area contributed by atoms with E-state index in [1.807, 2.05) is 12.1 Å². The summed E-state index contributed by atoms with van der Waals surface area (Å²) >= 11 is 0. The molecule has 1 fully saturated rings. The molecule has 1 aliphatic heterocycles. The van der Waals surface area contributed by atoms with Gasteiger partial charge in [-0.1, -0.05) is 0 Å². The molecule has 0 aromatic carbocycles. The van der Waals surface area contributed by atoms with Crippen LogP contribution < -0.4 is 10.6 Å². The van der Waals surface area contributed by atoms with Crippen LogP contribution in [0, 0.1) is 5.92 Å². The number of piperidine rings is 1. The summed E-state index contributed by atoms with van der Waals surface area (Å²) in [7, 11) is 0. The molecule has 0 amide bonds. The summed E-state index contributed by atoms with van der Waals surface area (Å²) < 4.78 is 1.79. The number of rotatable bonds is 3. The summed E-state index contributed by atoms with van der Waals surface area (Å²) in [4.78, 5) is 30.9. The summed E-state index contributed by atoms with van der Waals surface area (Å²) in [5, 5.41) is 0. The van der Waals surface area contributed by atoms with Gasteiger partial charge in [-0.2, -0.15) is 0 Å². The summed E-state index contributed by atoms with van der Waals surface area (Å²) in [6.07, 6.45) is 8.94. The van der Waals surface area contributed by atoms with E-state index in [0.717, 1.165) is 62.3 Å². The van der Waals surface area contributed by atoms with Crippen LogP contribution in [-0.4, -0.2) is 37.6 Å². The zero-order valence-corrected chi connectivity index (χ0v) is 14.7. The third kappa shape index (κ3) is 2.58. The van der Waals surface area contributed by atoms with Crippen LogP contribution >= 0.6 is 0 Å². The molecule has 7 nitrogen and oxygen atoms in total. The Balaban J connectivity index is 1.31. The number of fused-ring (bicyclic) bond motifs is 2. The molecule has 0 unspecified atom stereocenters. The Morgan fingerprint density at radius 1 is 1.15 bits per heavy atom. The van der Waals surface area contributed by atoms with Crippen LogP contribution in [0.2, 0.25) is 0 Å². The van der Waals surface area contributed by atoms with E-state index >= 15 is 0 Å². The Labute approximate surface area is 151 Å². The molecule has 1 N–H and O–H groups in total. The van der Waals surface area contributed by atoms with Crippen molar-refractivity contribution in [1.82, 2.24) is 24.5 Å². The monoisotopic (exact) mass is 350 g/mol. The van der Waals surface area contributed by atoms with E-state index in [9.17, 15) is 4.79 Å². The largest absolute Gasteiger partial charge is 0.356 e. The van der Waals surface area contributed by atoms with Crippen LogP contribution in [-0.2, 0) is 19.4 Å². The molecule has 1 aliphatic carbocycles. The van der Waals surface area contributed by atoms with Gasteiger partial charge in [-0.15, -0.1) is 0 Å². The smallest absolute Gasteiger partial charge is 0.327 e. The van der Waals surface area contributed by atoms with Crippen molar-refractivity contribution in [3.05, 3.63) is 46.4 Å². The molecule has 0 atom stereocenters. The first-order valence-corrected chi connectivity index (χ1v) is 9.41. The minimum Gasteiger partial charge on any atom is -0.356 e. The SMILES string of the molecule is O=c1[nH]c2cccnc2n1CC1CCN(c2ncnc3c2CCC3)CC1. The van der Waals surface area contributed by atoms with E-state index in [1.54, 1.807) is 17.1 Å². The number of hydrogen-bond donors (Lipinski definition) is 1. The van der Waals surface area contributed by atoms with E-state index in [0.29, 0.717) is 5.92 Å².